The lowest BCUT2D eigenvalue weighted by atomic mass is 9.86. The molecule has 0 saturated carbocycles. The average molecular weight is 483 g/mol. The summed E-state index contributed by atoms with van der Waals surface area (Å²) in [6, 6.07) is 29.5. The summed E-state index contributed by atoms with van der Waals surface area (Å²) in [6.45, 7) is 4.14. The van der Waals surface area contributed by atoms with E-state index in [-0.39, 0.29) is 5.41 Å². The molecule has 37 heavy (non-hydrogen) atoms. The third kappa shape index (κ3) is 3.43. The lowest BCUT2D eigenvalue weighted by Gasteiger charge is -2.20. The fourth-order valence-corrected chi connectivity index (χ4v) is 5.81. The number of rotatable bonds is 2. The van der Waals surface area contributed by atoms with Crippen LogP contribution in [0.25, 0.3) is 65.5 Å². The van der Waals surface area contributed by atoms with Crippen molar-refractivity contribution in [2.45, 2.75) is 34.0 Å². The fraction of sp³-hybridized carbons (Fsp3) is 0.171. The monoisotopic (exact) mass is 482 g/mol. The number of furan rings is 1. The Kier molecular flexibility index (Phi) is 4.07. The van der Waals surface area contributed by atoms with E-state index in [4.69, 9.17) is 8.53 Å². The highest BCUT2D eigenvalue weighted by atomic mass is 16.3. The summed E-state index contributed by atoms with van der Waals surface area (Å²) < 4.78 is 31.0. The number of hydrogen-bond donors (Lipinski definition) is 0. The summed E-state index contributed by atoms with van der Waals surface area (Å²) in [4.78, 5) is 4.66. The molecule has 0 atom stereocenters. The third-order valence-electron chi connectivity index (χ3n) is 7.36. The normalized spacial score (nSPS) is 14.0. The lowest BCUT2D eigenvalue weighted by molar-refractivity contribution is 0.410. The minimum atomic E-state index is -2.22. The largest absolute Gasteiger partial charge is 0.455 e. The van der Waals surface area contributed by atoms with E-state index < -0.39 is 6.85 Å². The SMILES string of the molecule is [2H]C([2H])([2H])c1cnc(-c2cccc3c2oc2c3ccc3c4ccccc4c4ccccc4c32)cc1CC(C)(C)C. The van der Waals surface area contributed by atoms with E-state index in [0.29, 0.717) is 12.0 Å². The predicted molar refractivity (Wildman–Crippen MR) is 157 cm³/mol. The number of aromatic nitrogens is 1. The number of benzene rings is 5. The minimum absolute atomic E-state index is 0.0766. The zero-order valence-electron chi connectivity index (χ0n) is 24.2. The lowest BCUT2D eigenvalue weighted by Crippen LogP contribution is -2.10. The van der Waals surface area contributed by atoms with Crippen molar-refractivity contribution >= 4 is 54.3 Å². The van der Waals surface area contributed by atoms with Gasteiger partial charge in [0.2, 0.25) is 0 Å². The summed E-state index contributed by atoms with van der Waals surface area (Å²) in [5.41, 5.74) is 4.23. The van der Waals surface area contributed by atoms with Crippen LogP contribution in [0.5, 0.6) is 0 Å². The van der Waals surface area contributed by atoms with E-state index in [9.17, 15) is 0 Å². The maximum absolute atomic E-state index is 8.08. The first-order chi connectivity index (χ1) is 19.1. The molecule has 0 amide bonds. The van der Waals surface area contributed by atoms with Gasteiger partial charge in [0, 0.05) is 32.0 Å². The van der Waals surface area contributed by atoms with Crippen molar-refractivity contribution in [1.29, 1.82) is 0 Å². The molecule has 2 heteroatoms. The van der Waals surface area contributed by atoms with Gasteiger partial charge in [0.1, 0.15) is 11.2 Å². The molecule has 0 bridgehead atoms. The Morgan fingerprint density at radius 1 is 0.703 bits per heavy atom. The Balaban J connectivity index is 1.54. The highest BCUT2D eigenvalue weighted by molar-refractivity contribution is 6.32. The Hall–Kier alpha value is -4.17. The Labute approximate surface area is 220 Å². The molecule has 0 saturated heterocycles. The van der Waals surface area contributed by atoms with Gasteiger partial charge < -0.3 is 4.42 Å². The van der Waals surface area contributed by atoms with Crippen molar-refractivity contribution in [3.05, 3.63) is 102 Å². The molecule has 5 aromatic carbocycles. The fourth-order valence-electron chi connectivity index (χ4n) is 5.81. The van der Waals surface area contributed by atoms with E-state index >= 15 is 0 Å². The standard InChI is InChI=1S/C35H29NO/c1-21-20-36-31(18-22(21)19-35(2,3)4)30-15-9-14-28-29-17-16-27-25-12-6-5-10-23(25)24-11-7-8-13-26(24)32(27)34(29)37-33(28)30/h5-18,20H,19H2,1-4H3/i1D3. The van der Waals surface area contributed by atoms with E-state index in [1.165, 1.54) is 22.4 Å². The van der Waals surface area contributed by atoms with Crippen LogP contribution in [0.3, 0.4) is 0 Å². The topological polar surface area (TPSA) is 26.0 Å². The second kappa shape index (κ2) is 7.91. The van der Waals surface area contributed by atoms with Gasteiger partial charge in [-0.15, -0.1) is 0 Å². The second-order valence-electron chi connectivity index (χ2n) is 11.2. The van der Waals surface area contributed by atoms with Crippen LogP contribution < -0.4 is 0 Å². The molecule has 0 unspecified atom stereocenters. The molecule has 0 aliphatic heterocycles. The van der Waals surface area contributed by atoms with Crippen LogP contribution >= 0.6 is 0 Å². The summed E-state index contributed by atoms with van der Waals surface area (Å²) >= 11 is 0. The number of nitrogens with zero attached hydrogens (tertiary/aromatic N) is 1. The smallest absolute Gasteiger partial charge is 0.144 e. The van der Waals surface area contributed by atoms with Crippen LogP contribution in [0.1, 0.15) is 36.0 Å². The van der Waals surface area contributed by atoms with Crippen molar-refractivity contribution in [3.8, 4) is 11.3 Å². The minimum Gasteiger partial charge on any atom is -0.455 e. The summed E-state index contributed by atoms with van der Waals surface area (Å²) in [6.07, 6.45) is 2.16. The van der Waals surface area contributed by atoms with Crippen molar-refractivity contribution in [3.63, 3.8) is 0 Å². The first-order valence-electron chi connectivity index (χ1n) is 14.3. The number of fused-ring (bicyclic) bond motifs is 10. The van der Waals surface area contributed by atoms with E-state index in [2.05, 4.69) is 92.5 Å². The number of aryl methyl sites for hydroxylation is 1. The Morgan fingerprint density at radius 3 is 2.00 bits per heavy atom. The van der Waals surface area contributed by atoms with Crippen molar-refractivity contribution in [1.82, 2.24) is 4.98 Å². The highest BCUT2D eigenvalue weighted by Crippen LogP contribution is 2.43. The summed E-state index contributed by atoms with van der Waals surface area (Å²) in [7, 11) is 0. The molecule has 0 aliphatic carbocycles. The average Bonchev–Trinajstić information content (AvgIpc) is 3.30. The van der Waals surface area contributed by atoms with Crippen LogP contribution in [-0.2, 0) is 6.42 Å². The van der Waals surface area contributed by atoms with E-state index in [1.54, 1.807) is 0 Å². The molecule has 0 N–H and O–H groups in total. The van der Waals surface area contributed by atoms with Gasteiger partial charge in [-0.05, 0) is 74.9 Å². The van der Waals surface area contributed by atoms with Gasteiger partial charge in [-0.25, -0.2) is 0 Å². The van der Waals surface area contributed by atoms with Crippen LogP contribution in [0.4, 0.5) is 0 Å². The molecular weight excluding hydrogens is 450 g/mol. The van der Waals surface area contributed by atoms with Gasteiger partial charge in [0.05, 0.1) is 5.69 Å². The van der Waals surface area contributed by atoms with Crippen molar-refractivity contribution in [2.75, 3.05) is 0 Å². The van der Waals surface area contributed by atoms with Crippen molar-refractivity contribution < 1.29 is 8.53 Å². The van der Waals surface area contributed by atoms with E-state index in [1.807, 2.05) is 18.2 Å². The van der Waals surface area contributed by atoms with Gasteiger partial charge in [-0.2, -0.15) is 0 Å². The van der Waals surface area contributed by atoms with Gasteiger partial charge in [0.25, 0.3) is 0 Å². The molecule has 0 spiro atoms. The van der Waals surface area contributed by atoms with Gasteiger partial charge in [0.15, 0.2) is 0 Å². The first-order valence-corrected chi connectivity index (χ1v) is 12.8. The van der Waals surface area contributed by atoms with Crippen LogP contribution in [0.15, 0.2) is 95.5 Å². The summed E-state index contributed by atoms with van der Waals surface area (Å²) in [5.74, 6) is 0. The van der Waals surface area contributed by atoms with Crippen LogP contribution in [0.2, 0.25) is 0 Å². The highest BCUT2D eigenvalue weighted by Gasteiger charge is 2.19. The molecular formula is C35H29NO. The van der Waals surface area contributed by atoms with Gasteiger partial charge in [-0.3, -0.25) is 4.98 Å². The molecule has 0 aliphatic rings. The first kappa shape index (κ1) is 19.0. The Morgan fingerprint density at radius 2 is 1.30 bits per heavy atom. The molecule has 7 aromatic rings. The molecule has 0 radical (unpaired) electrons. The number of hydrogen-bond acceptors (Lipinski definition) is 2. The number of pyridine rings is 1. The summed E-state index contributed by atoms with van der Waals surface area (Å²) in [5, 5.41) is 9.13. The van der Waals surface area contributed by atoms with E-state index in [0.717, 1.165) is 54.9 Å². The quantitative estimate of drug-likeness (QED) is 0.229. The Bertz CT molecular complexity index is 2080. The second-order valence-corrected chi connectivity index (χ2v) is 11.2. The van der Waals surface area contributed by atoms with Crippen LogP contribution in [-0.4, -0.2) is 4.98 Å². The zero-order valence-corrected chi connectivity index (χ0v) is 21.2. The van der Waals surface area contributed by atoms with Crippen LogP contribution in [0, 0.1) is 12.3 Å². The molecule has 2 aromatic heterocycles. The molecule has 2 heterocycles. The van der Waals surface area contributed by atoms with Gasteiger partial charge >= 0.3 is 0 Å². The molecule has 0 fully saturated rings. The molecule has 7 rings (SSSR count). The molecule has 180 valence electrons. The predicted octanol–water partition coefficient (Wildman–Crippen LogP) is 10.0. The van der Waals surface area contributed by atoms with Gasteiger partial charge in [-0.1, -0.05) is 87.5 Å². The maximum atomic E-state index is 8.08. The maximum Gasteiger partial charge on any atom is 0.144 e. The van der Waals surface area contributed by atoms with Crippen molar-refractivity contribution in [2.24, 2.45) is 5.41 Å². The third-order valence-corrected chi connectivity index (χ3v) is 7.36. The zero-order chi connectivity index (χ0) is 27.8. The molecule has 2 nitrogen and oxygen atoms in total. The number of para-hydroxylation sites is 1.